The Labute approximate surface area is 280 Å². The van der Waals surface area contributed by atoms with E-state index >= 15 is 0 Å². The third-order valence-electron chi connectivity index (χ3n) is 10.2. The fourth-order valence-corrected chi connectivity index (χ4v) is 9.75. The first-order valence-electron chi connectivity index (χ1n) is 16.8. The van der Waals surface area contributed by atoms with E-state index in [4.69, 9.17) is 15.3 Å². The molecule has 10 nitrogen and oxygen atoms in total. The van der Waals surface area contributed by atoms with Crippen molar-refractivity contribution < 1.29 is 18.7 Å². The molecule has 4 atom stereocenters. The molecule has 2 N–H and O–H groups in total. The molecule has 1 aromatic heterocycles. The first kappa shape index (κ1) is 33.4. The zero-order chi connectivity index (χ0) is 33.2. The van der Waals surface area contributed by atoms with Crippen LogP contribution in [0.3, 0.4) is 0 Å². The number of benzene rings is 1. The number of rotatable bonds is 2. The van der Waals surface area contributed by atoms with Crippen LogP contribution >= 0.6 is 11.8 Å². The maximum atomic E-state index is 13.8. The normalized spacial score (nSPS) is 28.1. The van der Waals surface area contributed by atoms with Crippen LogP contribution in [-0.2, 0) is 14.3 Å². The maximum absolute atomic E-state index is 13.8. The van der Waals surface area contributed by atoms with Gasteiger partial charge >= 0.3 is 0 Å². The lowest BCUT2D eigenvalue weighted by Crippen LogP contribution is -2.49. The van der Waals surface area contributed by atoms with Crippen LogP contribution in [0, 0.1) is 28.5 Å². The highest BCUT2D eigenvalue weighted by Gasteiger charge is 2.58. The predicted octanol–water partition coefficient (Wildman–Crippen LogP) is 4.68. The van der Waals surface area contributed by atoms with E-state index in [0.717, 1.165) is 70.3 Å². The van der Waals surface area contributed by atoms with Gasteiger partial charge in [-0.1, -0.05) is 13.8 Å². The minimum absolute atomic E-state index is 0.0225. The van der Waals surface area contributed by atoms with Gasteiger partial charge in [-0.3, -0.25) is 14.6 Å². The molecule has 1 aromatic carbocycles. The first-order chi connectivity index (χ1) is 22.9. The largest absolute Gasteiger partial charge is 0.342 e. The number of piperidine rings is 2. The number of nitrogens with one attached hydrogen (secondary N) is 2. The summed E-state index contributed by atoms with van der Waals surface area (Å²) in [5.74, 6) is -0.116. The lowest BCUT2D eigenvalue weighted by molar-refractivity contribution is -0.141. The minimum Gasteiger partial charge on any atom is -0.342 e. The van der Waals surface area contributed by atoms with Gasteiger partial charge in [0.2, 0.25) is 5.91 Å². The fourth-order valence-electron chi connectivity index (χ4n) is 7.98. The van der Waals surface area contributed by atoms with Gasteiger partial charge in [0.25, 0.3) is 5.91 Å². The molecular weight excluding hydrogens is 617 g/mol. The lowest BCUT2D eigenvalue weighted by Gasteiger charge is -2.32. The topological polar surface area (TPSA) is 134 Å². The highest BCUT2D eigenvalue weighted by atomic mass is 32.2. The number of hydrogen-bond acceptors (Lipinski definition) is 9. The standard InChI is InChI=1S/C17H18FN3O2.C16H18N4OS.C2H6/c18-13-8-11(10-19)7-12(9-13)14-1-2-15-21(14)16(22)17(23-15)3-5-20-6-4-17;17-8-11-7-12(10-19-9-11)13-1-2-14-20(13)15(21)16(22-14)3-5-18-6-4-16;1-2/h7-9,14-15,20H,1-6H2;7,9-10,13-14,18H,1-6H2;1-2H3. The fraction of sp³-hybridized carbons (Fsp3) is 0.571. The van der Waals surface area contributed by atoms with Gasteiger partial charge in [0.1, 0.15) is 18.1 Å². The van der Waals surface area contributed by atoms with Gasteiger partial charge in [0, 0.05) is 12.4 Å². The summed E-state index contributed by atoms with van der Waals surface area (Å²) in [5.41, 5.74) is 1.83. The Morgan fingerprint density at radius 3 is 2.17 bits per heavy atom. The molecule has 2 spiro atoms. The van der Waals surface area contributed by atoms with Crippen LogP contribution in [0.4, 0.5) is 4.39 Å². The van der Waals surface area contributed by atoms with E-state index in [1.807, 2.05) is 37.7 Å². The summed E-state index contributed by atoms with van der Waals surface area (Å²) in [5, 5.41) is 25.0. The zero-order valence-electron chi connectivity index (χ0n) is 27.0. The molecule has 6 saturated heterocycles. The van der Waals surface area contributed by atoms with Crippen LogP contribution in [0.15, 0.2) is 36.7 Å². The Kier molecular flexibility index (Phi) is 9.86. The summed E-state index contributed by atoms with van der Waals surface area (Å²) in [6, 6.07) is 10.2. The van der Waals surface area contributed by atoms with E-state index < -0.39 is 11.4 Å². The molecule has 8 rings (SSSR count). The van der Waals surface area contributed by atoms with Gasteiger partial charge in [0.05, 0.1) is 39.4 Å². The lowest BCUT2D eigenvalue weighted by atomic mass is 9.90. The average Bonchev–Trinajstić information content (AvgIpc) is 3.84. The Morgan fingerprint density at radius 1 is 0.830 bits per heavy atom. The quantitative estimate of drug-likeness (QED) is 0.472. The smallest absolute Gasteiger partial charge is 0.257 e. The highest BCUT2D eigenvalue weighted by Crippen LogP contribution is 2.55. The van der Waals surface area contributed by atoms with Crippen molar-refractivity contribution in [3.05, 3.63) is 64.7 Å². The molecule has 6 aliphatic rings. The number of ether oxygens (including phenoxy) is 1. The summed E-state index contributed by atoms with van der Waals surface area (Å²) in [6.45, 7) is 7.40. The van der Waals surface area contributed by atoms with Gasteiger partial charge in [-0.2, -0.15) is 10.5 Å². The SMILES string of the molecule is CC.N#Cc1cc(F)cc(C2CCC3OC4(CCNCC4)C(=O)N32)c1.N#Cc1cncc(C2CCC3SC4(CCNCC4)C(=O)N32)c1. The Morgan fingerprint density at radius 2 is 1.47 bits per heavy atom. The molecule has 0 bridgehead atoms. The summed E-state index contributed by atoms with van der Waals surface area (Å²) < 4.78 is 19.7. The number of carbonyl (C=O) groups is 2. The second kappa shape index (κ2) is 13.9. The van der Waals surface area contributed by atoms with E-state index in [0.29, 0.717) is 35.2 Å². The number of aromatic nitrogens is 1. The Hall–Kier alpha value is -3.55. The summed E-state index contributed by atoms with van der Waals surface area (Å²) in [6.07, 6.45) is 9.85. The average molecular weight is 660 g/mol. The van der Waals surface area contributed by atoms with Crippen molar-refractivity contribution in [2.75, 3.05) is 26.2 Å². The summed E-state index contributed by atoms with van der Waals surface area (Å²) in [4.78, 5) is 34.1. The number of fused-ring (bicyclic) bond motifs is 2. The van der Waals surface area contributed by atoms with Crippen molar-refractivity contribution in [1.82, 2.24) is 25.4 Å². The van der Waals surface area contributed by atoms with Gasteiger partial charge in [-0.25, -0.2) is 4.39 Å². The third-order valence-corrected chi connectivity index (χ3v) is 11.9. The molecule has 6 aliphatic heterocycles. The van der Waals surface area contributed by atoms with Crippen molar-refractivity contribution in [1.29, 1.82) is 10.5 Å². The number of hydrogen-bond donors (Lipinski definition) is 2. The molecule has 12 heteroatoms. The molecule has 0 aliphatic carbocycles. The van der Waals surface area contributed by atoms with E-state index in [9.17, 15) is 14.0 Å². The molecular formula is C35H42FN7O3S. The van der Waals surface area contributed by atoms with E-state index in [1.165, 1.54) is 12.1 Å². The highest BCUT2D eigenvalue weighted by molar-refractivity contribution is 8.02. The maximum Gasteiger partial charge on any atom is 0.257 e. The van der Waals surface area contributed by atoms with Crippen LogP contribution in [0.2, 0.25) is 0 Å². The molecule has 47 heavy (non-hydrogen) atoms. The van der Waals surface area contributed by atoms with Crippen LogP contribution in [-0.4, -0.2) is 74.7 Å². The van der Waals surface area contributed by atoms with Gasteiger partial charge in [-0.15, -0.1) is 11.8 Å². The zero-order valence-corrected chi connectivity index (χ0v) is 27.8. The van der Waals surface area contributed by atoms with Crippen molar-refractivity contribution in [2.24, 2.45) is 0 Å². The number of halogens is 1. The number of pyridine rings is 1. The van der Waals surface area contributed by atoms with Crippen LogP contribution in [0.25, 0.3) is 0 Å². The van der Waals surface area contributed by atoms with Crippen LogP contribution in [0.5, 0.6) is 0 Å². The third kappa shape index (κ3) is 6.13. The number of nitrogens with zero attached hydrogens (tertiary/aromatic N) is 5. The number of nitriles is 2. The van der Waals surface area contributed by atoms with E-state index in [2.05, 4.69) is 26.6 Å². The first-order valence-corrected chi connectivity index (χ1v) is 17.7. The number of thioether (sulfide) groups is 1. The molecule has 2 aromatic rings. The molecule has 0 radical (unpaired) electrons. The summed E-state index contributed by atoms with van der Waals surface area (Å²) in [7, 11) is 0. The van der Waals surface area contributed by atoms with Crippen molar-refractivity contribution in [3.63, 3.8) is 0 Å². The second-order valence-corrected chi connectivity index (χ2v) is 14.3. The molecule has 7 heterocycles. The van der Waals surface area contributed by atoms with Crippen molar-refractivity contribution >= 4 is 23.6 Å². The number of amides is 2. The van der Waals surface area contributed by atoms with Crippen LogP contribution < -0.4 is 10.6 Å². The summed E-state index contributed by atoms with van der Waals surface area (Å²) >= 11 is 1.87. The monoisotopic (exact) mass is 659 g/mol. The molecule has 4 unspecified atom stereocenters. The van der Waals surface area contributed by atoms with E-state index in [-0.39, 0.29) is 34.5 Å². The van der Waals surface area contributed by atoms with E-state index in [1.54, 1.807) is 23.4 Å². The molecule has 6 fully saturated rings. The molecule has 0 saturated carbocycles. The second-order valence-electron chi connectivity index (χ2n) is 12.7. The van der Waals surface area contributed by atoms with Crippen molar-refractivity contribution in [3.8, 4) is 12.1 Å². The van der Waals surface area contributed by atoms with Gasteiger partial charge in [0.15, 0.2) is 5.60 Å². The van der Waals surface area contributed by atoms with Gasteiger partial charge < -0.3 is 25.2 Å². The van der Waals surface area contributed by atoms with Crippen LogP contribution in [0.1, 0.15) is 99.6 Å². The number of carbonyl (C=O) groups excluding carboxylic acids is 2. The van der Waals surface area contributed by atoms with Crippen molar-refractivity contribution in [2.45, 2.75) is 99.2 Å². The van der Waals surface area contributed by atoms with Gasteiger partial charge in [-0.05, 0) is 113 Å². The predicted molar refractivity (Wildman–Crippen MR) is 175 cm³/mol. The minimum atomic E-state index is -0.708. The molecule has 248 valence electrons. The Balaban J connectivity index is 0.000000156. The molecule has 2 amide bonds. The Bertz CT molecular complexity index is 1580.